The Hall–Kier alpha value is -1.18. The van der Waals surface area contributed by atoms with Gasteiger partial charge in [0.05, 0.1) is 13.0 Å². The maximum atomic E-state index is 9.65. The van der Waals surface area contributed by atoms with Crippen LogP contribution >= 0.6 is 0 Å². The predicted octanol–water partition coefficient (Wildman–Crippen LogP) is -2.19. The van der Waals surface area contributed by atoms with Crippen LogP contribution in [0.2, 0.25) is 0 Å². The number of hydrogen-bond acceptors (Lipinski definition) is 5. The number of hydrogen-bond donors (Lipinski definition) is 5. The Morgan fingerprint density at radius 3 is 1.77 bits per heavy atom. The van der Waals surface area contributed by atoms with Gasteiger partial charge in [0.1, 0.15) is 6.04 Å². The van der Waals surface area contributed by atoms with Crippen molar-refractivity contribution in [1.82, 2.24) is 0 Å². The summed E-state index contributed by atoms with van der Waals surface area (Å²) in [7, 11) is 0. The molecule has 0 saturated heterocycles. The Morgan fingerprint density at radius 2 is 1.77 bits per heavy atom. The van der Waals surface area contributed by atoms with Crippen molar-refractivity contribution in [2.45, 2.75) is 12.5 Å². The van der Waals surface area contributed by atoms with Gasteiger partial charge in [-0.05, 0) is 0 Å². The lowest BCUT2D eigenvalue weighted by atomic mass is 10.3. The largest absolute Gasteiger partial charge is 0.481 e. The number of aliphatic hydroxyl groups is 1. The second-order valence-electron chi connectivity index (χ2n) is 2.06. The molecule has 0 fully saturated rings. The molecule has 0 heterocycles. The summed E-state index contributed by atoms with van der Waals surface area (Å²) >= 11 is 0. The van der Waals surface area contributed by atoms with Gasteiger partial charge in [-0.2, -0.15) is 0 Å². The van der Waals surface area contributed by atoms with Crippen LogP contribution < -0.4 is 11.5 Å². The average Bonchev–Trinajstić information content (AvgIpc) is 2.03. The van der Waals surface area contributed by atoms with Crippen LogP contribution in [0.5, 0.6) is 0 Å². The molecule has 0 aromatic heterocycles. The van der Waals surface area contributed by atoms with Crippen LogP contribution in [0.25, 0.3) is 0 Å². The third-order valence-electron chi connectivity index (χ3n) is 0.872. The molecule has 7 nitrogen and oxygen atoms in total. The normalized spacial score (nSPS) is 11.0. The minimum atomic E-state index is -1.18. The zero-order chi connectivity index (χ0) is 10.9. The molecule has 0 unspecified atom stereocenters. The molecule has 0 aromatic rings. The van der Waals surface area contributed by atoms with E-state index in [1.54, 1.807) is 0 Å². The van der Waals surface area contributed by atoms with E-state index in [0.717, 1.165) is 0 Å². The molecule has 0 radical (unpaired) electrons. The SMILES string of the molecule is NCCC(=O)O.N[C@@H](CO)C(=O)O. The first-order chi connectivity index (χ1) is 5.95. The van der Waals surface area contributed by atoms with Crippen molar-refractivity contribution < 1.29 is 24.9 Å². The molecule has 0 amide bonds. The Morgan fingerprint density at radius 1 is 1.31 bits per heavy atom. The van der Waals surface area contributed by atoms with E-state index in [1.807, 2.05) is 0 Å². The number of aliphatic hydroxyl groups excluding tert-OH is 1. The predicted molar refractivity (Wildman–Crippen MR) is 44.0 cm³/mol. The fourth-order valence-corrected chi connectivity index (χ4v) is 0.202. The Kier molecular flexibility index (Phi) is 9.84. The van der Waals surface area contributed by atoms with Crippen LogP contribution in [-0.4, -0.2) is 46.5 Å². The maximum absolute atomic E-state index is 9.65. The van der Waals surface area contributed by atoms with Crippen molar-refractivity contribution >= 4 is 11.9 Å². The molecule has 7 heteroatoms. The quantitative estimate of drug-likeness (QED) is 0.341. The standard InChI is InChI=1S/C3H7NO3.C3H7NO2/c4-2(1-5)3(6)7;4-2-1-3(5)6/h2,5H,1,4H2,(H,6,7);1-2,4H2,(H,5,6)/t2-;/m0./s1. The molecule has 0 bridgehead atoms. The van der Waals surface area contributed by atoms with E-state index < -0.39 is 24.6 Å². The van der Waals surface area contributed by atoms with Crippen LogP contribution in [0.4, 0.5) is 0 Å². The summed E-state index contributed by atoms with van der Waals surface area (Å²) in [6, 6.07) is -1.13. The fraction of sp³-hybridized carbons (Fsp3) is 0.667. The number of nitrogens with two attached hydrogens (primary N) is 2. The van der Waals surface area contributed by atoms with Crippen LogP contribution in [-0.2, 0) is 9.59 Å². The van der Waals surface area contributed by atoms with Crippen molar-refractivity contribution in [1.29, 1.82) is 0 Å². The van der Waals surface area contributed by atoms with Gasteiger partial charge in [0, 0.05) is 6.54 Å². The molecule has 0 saturated carbocycles. The van der Waals surface area contributed by atoms with Gasteiger partial charge in [-0.15, -0.1) is 0 Å². The van der Waals surface area contributed by atoms with E-state index in [-0.39, 0.29) is 13.0 Å². The summed E-state index contributed by atoms with van der Waals surface area (Å²) in [6.45, 7) is -0.273. The average molecular weight is 194 g/mol. The Labute approximate surface area is 75.0 Å². The van der Waals surface area contributed by atoms with Crippen molar-refractivity contribution in [3.63, 3.8) is 0 Å². The third-order valence-corrected chi connectivity index (χ3v) is 0.872. The lowest BCUT2D eigenvalue weighted by Gasteiger charge is -1.96. The van der Waals surface area contributed by atoms with Crippen LogP contribution in [0, 0.1) is 0 Å². The van der Waals surface area contributed by atoms with Crippen molar-refractivity contribution in [3.05, 3.63) is 0 Å². The van der Waals surface area contributed by atoms with Crippen molar-refractivity contribution in [2.24, 2.45) is 11.5 Å². The molecule has 0 aliphatic rings. The molecule has 0 aliphatic carbocycles. The summed E-state index contributed by atoms with van der Waals surface area (Å²) in [5, 5.41) is 23.7. The smallest absolute Gasteiger partial charge is 0.322 e. The van der Waals surface area contributed by atoms with E-state index in [0.29, 0.717) is 0 Å². The maximum Gasteiger partial charge on any atom is 0.322 e. The molecule has 0 aliphatic heterocycles. The molecule has 1 atom stereocenters. The monoisotopic (exact) mass is 194 g/mol. The lowest BCUT2D eigenvalue weighted by Crippen LogP contribution is -2.33. The molecule has 13 heavy (non-hydrogen) atoms. The van der Waals surface area contributed by atoms with E-state index in [2.05, 4.69) is 0 Å². The van der Waals surface area contributed by atoms with Crippen LogP contribution in [0.15, 0.2) is 0 Å². The molecule has 0 rings (SSSR count). The minimum Gasteiger partial charge on any atom is -0.481 e. The fourth-order valence-electron chi connectivity index (χ4n) is 0.202. The highest BCUT2D eigenvalue weighted by molar-refractivity contribution is 5.73. The molecule has 0 spiro atoms. The van der Waals surface area contributed by atoms with E-state index in [4.69, 9.17) is 26.8 Å². The number of rotatable bonds is 4. The Bertz CT molecular complexity index is 161. The molecular weight excluding hydrogens is 180 g/mol. The minimum absolute atomic E-state index is 0.0694. The molecule has 78 valence electrons. The molecular formula is C6H14N2O5. The third kappa shape index (κ3) is 13.8. The van der Waals surface area contributed by atoms with E-state index >= 15 is 0 Å². The molecule has 0 aromatic carbocycles. The first-order valence-electron chi connectivity index (χ1n) is 3.46. The van der Waals surface area contributed by atoms with Crippen LogP contribution in [0.1, 0.15) is 6.42 Å². The summed E-state index contributed by atoms with van der Waals surface area (Å²) in [6.07, 6.45) is 0.0694. The van der Waals surface area contributed by atoms with Gasteiger partial charge in [-0.1, -0.05) is 0 Å². The van der Waals surface area contributed by atoms with Crippen LogP contribution in [0.3, 0.4) is 0 Å². The van der Waals surface area contributed by atoms with E-state index in [9.17, 15) is 9.59 Å². The summed E-state index contributed by atoms with van der Waals surface area (Å²) in [5.74, 6) is -2.01. The number of carboxylic acid groups (broad SMARTS) is 2. The second kappa shape index (κ2) is 8.91. The first-order valence-corrected chi connectivity index (χ1v) is 3.46. The number of carboxylic acids is 2. The number of aliphatic carboxylic acids is 2. The van der Waals surface area contributed by atoms with E-state index in [1.165, 1.54) is 0 Å². The first kappa shape index (κ1) is 14.3. The summed E-state index contributed by atoms with van der Waals surface area (Å²) < 4.78 is 0. The van der Waals surface area contributed by atoms with Gasteiger partial charge in [0.2, 0.25) is 0 Å². The highest BCUT2D eigenvalue weighted by atomic mass is 16.4. The Balaban J connectivity index is 0. The summed E-state index contributed by atoms with van der Waals surface area (Å²) in [4.78, 5) is 19.2. The van der Waals surface area contributed by atoms with Gasteiger partial charge >= 0.3 is 11.9 Å². The van der Waals surface area contributed by atoms with Gasteiger partial charge in [-0.25, -0.2) is 0 Å². The van der Waals surface area contributed by atoms with Crippen molar-refractivity contribution in [2.75, 3.05) is 13.2 Å². The summed E-state index contributed by atoms with van der Waals surface area (Å²) in [5.41, 5.74) is 9.61. The van der Waals surface area contributed by atoms with Gasteiger partial charge in [-0.3, -0.25) is 9.59 Å². The number of carbonyl (C=O) groups is 2. The highest BCUT2D eigenvalue weighted by Gasteiger charge is 2.06. The van der Waals surface area contributed by atoms with Crippen molar-refractivity contribution in [3.8, 4) is 0 Å². The zero-order valence-electron chi connectivity index (χ0n) is 7.01. The van der Waals surface area contributed by atoms with Gasteiger partial charge in [0.15, 0.2) is 0 Å². The van der Waals surface area contributed by atoms with Gasteiger partial charge in [0.25, 0.3) is 0 Å². The lowest BCUT2D eigenvalue weighted by molar-refractivity contribution is -0.139. The molecule has 7 N–H and O–H groups in total. The van der Waals surface area contributed by atoms with Gasteiger partial charge < -0.3 is 26.8 Å². The zero-order valence-corrected chi connectivity index (χ0v) is 7.01. The topological polar surface area (TPSA) is 147 Å². The highest BCUT2D eigenvalue weighted by Crippen LogP contribution is 1.71. The second-order valence-corrected chi connectivity index (χ2v) is 2.06.